The number of carbonyl (C=O) groups is 1. The average molecular weight is 591 g/mol. The van der Waals surface area contributed by atoms with E-state index in [-0.39, 0.29) is 31.2 Å². The molecule has 1 amide bonds. The molecular weight excluding hydrogens is 563 g/mol. The van der Waals surface area contributed by atoms with Crippen molar-refractivity contribution in [2.24, 2.45) is 5.92 Å². The number of hydrogen-bond donors (Lipinski definition) is 2. The number of halogens is 2. The van der Waals surface area contributed by atoms with Crippen LogP contribution >= 0.6 is 11.6 Å². The molecule has 1 aliphatic heterocycles. The first-order chi connectivity index (χ1) is 20.4. The molecule has 0 radical (unpaired) electrons. The topological polar surface area (TPSA) is 126 Å². The molecule has 2 aromatic carbocycles. The summed E-state index contributed by atoms with van der Waals surface area (Å²) in [5.41, 5.74) is 2.82. The highest BCUT2D eigenvalue weighted by atomic mass is 35.5. The van der Waals surface area contributed by atoms with Crippen LogP contribution in [-0.4, -0.2) is 71.8 Å². The number of likely N-dealkylation sites (tertiary alicyclic amines) is 1. The van der Waals surface area contributed by atoms with Crippen LogP contribution in [0.3, 0.4) is 0 Å². The molecule has 6 rings (SSSR count). The van der Waals surface area contributed by atoms with E-state index in [0.29, 0.717) is 58.9 Å². The number of aryl methyl sites for hydroxylation is 1. The number of imidazole rings is 1. The number of nitrogens with zero attached hydrogens (tertiary/aromatic N) is 6. The fraction of sp³-hybridized carbons (Fsp3) is 0.300. The number of aromatic nitrogens is 5. The number of aliphatic hydroxyl groups excluding tert-OH is 2. The molecule has 1 fully saturated rings. The van der Waals surface area contributed by atoms with Crippen molar-refractivity contribution in [2.75, 3.05) is 26.3 Å². The molecule has 1 aliphatic rings. The van der Waals surface area contributed by atoms with E-state index in [1.165, 1.54) is 6.07 Å². The van der Waals surface area contributed by atoms with Gasteiger partial charge in [-0.25, -0.2) is 19.3 Å². The molecule has 0 atom stereocenters. The summed E-state index contributed by atoms with van der Waals surface area (Å²) in [5.74, 6) is -0.303. The summed E-state index contributed by atoms with van der Waals surface area (Å²) in [5, 5.41) is 19.9. The Morgan fingerprint density at radius 3 is 2.50 bits per heavy atom. The lowest BCUT2D eigenvalue weighted by Gasteiger charge is -2.35. The second-order valence-electron chi connectivity index (χ2n) is 10.3. The number of hydrogen-bond acceptors (Lipinski definition) is 8. The Bertz CT molecular complexity index is 1770. The number of aliphatic hydroxyl groups is 2. The standard InChI is InChI=1S/C30H28ClFN6O4/c1-17-36-27-14-35-26-13-25(32)22(21-4-3-20(11-24(21)31)42-30-33-7-2-8-34-30)12-23(26)28(27)38(17)19-5-9-37(10-6-19)29(41)18(15-39)16-40/h2-4,7-8,11-14,18-19,39-40H,5-6,9-10,15-16H2,1H3. The molecule has 3 aromatic heterocycles. The van der Waals surface area contributed by atoms with Gasteiger partial charge in [-0.3, -0.25) is 9.78 Å². The Labute approximate surface area is 245 Å². The van der Waals surface area contributed by atoms with Gasteiger partial charge in [-0.05, 0) is 44.0 Å². The van der Waals surface area contributed by atoms with Crippen LogP contribution in [0.15, 0.2) is 55.0 Å². The molecule has 5 aromatic rings. The van der Waals surface area contributed by atoms with Gasteiger partial charge in [0.1, 0.15) is 22.9 Å². The zero-order chi connectivity index (χ0) is 29.4. The number of carbonyl (C=O) groups excluding carboxylic acids is 1. The summed E-state index contributed by atoms with van der Waals surface area (Å²) < 4.78 is 23.3. The molecule has 42 heavy (non-hydrogen) atoms. The first-order valence-corrected chi connectivity index (χ1v) is 14.0. The molecule has 1 saturated heterocycles. The largest absolute Gasteiger partial charge is 0.424 e. The van der Waals surface area contributed by atoms with E-state index in [1.807, 2.05) is 6.92 Å². The Morgan fingerprint density at radius 1 is 1.07 bits per heavy atom. The highest BCUT2D eigenvalue weighted by Crippen LogP contribution is 2.38. The second kappa shape index (κ2) is 11.6. The number of ether oxygens (including phenoxy) is 1. The molecule has 0 saturated carbocycles. The van der Waals surface area contributed by atoms with Crippen LogP contribution < -0.4 is 4.74 Å². The van der Waals surface area contributed by atoms with Gasteiger partial charge in [-0.1, -0.05) is 11.6 Å². The highest BCUT2D eigenvalue weighted by Gasteiger charge is 2.30. The smallest absolute Gasteiger partial charge is 0.321 e. The maximum atomic E-state index is 15.5. The lowest BCUT2D eigenvalue weighted by Crippen LogP contribution is -2.44. The molecule has 4 heterocycles. The van der Waals surface area contributed by atoms with Crippen molar-refractivity contribution in [3.05, 3.63) is 71.7 Å². The van der Waals surface area contributed by atoms with E-state index in [4.69, 9.17) is 21.3 Å². The van der Waals surface area contributed by atoms with Crippen LogP contribution in [0.5, 0.6) is 11.8 Å². The van der Waals surface area contributed by atoms with Gasteiger partial charge in [0, 0.05) is 60.2 Å². The summed E-state index contributed by atoms with van der Waals surface area (Å²) in [6, 6.07) is 10.0. The normalized spacial score (nSPS) is 14.3. The maximum absolute atomic E-state index is 15.5. The molecular formula is C30H28ClFN6O4. The third-order valence-electron chi connectivity index (χ3n) is 7.69. The number of amides is 1. The number of pyridine rings is 1. The monoisotopic (exact) mass is 590 g/mol. The van der Waals surface area contributed by atoms with Crippen LogP contribution in [-0.2, 0) is 4.79 Å². The van der Waals surface area contributed by atoms with E-state index in [1.54, 1.807) is 53.8 Å². The fourth-order valence-corrected chi connectivity index (χ4v) is 5.88. The molecule has 0 unspecified atom stereocenters. The molecule has 10 nitrogen and oxygen atoms in total. The van der Waals surface area contributed by atoms with Crippen molar-refractivity contribution in [3.63, 3.8) is 0 Å². The molecule has 0 spiro atoms. The maximum Gasteiger partial charge on any atom is 0.321 e. The number of fused-ring (bicyclic) bond motifs is 3. The summed E-state index contributed by atoms with van der Waals surface area (Å²) in [4.78, 5) is 31.7. The lowest BCUT2D eigenvalue weighted by atomic mass is 10.00. The van der Waals surface area contributed by atoms with E-state index in [2.05, 4.69) is 19.5 Å². The van der Waals surface area contributed by atoms with Gasteiger partial charge < -0.3 is 24.4 Å². The van der Waals surface area contributed by atoms with E-state index < -0.39 is 11.7 Å². The minimum absolute atomic E-state index is 0.0417. The zero-order valence-corrected chi connectivity index (χ0v) is 23.5. The summed E-state index contributed by atoms with van der Waals surface area (Å²) in [6.45, 7) is 2.12. The SMILES string of the molecule is Cc1nc2cnc3cc(F)c(-c4ccc(Oc5ncccn5)cc4Cl)cc3c2n1C1CCN(C(=O)C(CO)CO)CC1. The van der Waals surface area contributed by atoms with E-state index in [9.17, 15) is 15.0 Å². The summed E-state index contributed by atoms with van der Waals surface area (Å²) in [7, 11) is 0. The van der Waals surface area contributed by atoms with Gasteiger partial charge in [-0.15, -0.1) is 0 Å². The van der Waals surface area contributed by atoms with Crippen LogP contribution in [0.4, 0.5) is 4.39 Å². The minimum atomic E-state index is -0.806. The van der Waals surface area contributed by atoms with Crippen LogP contribution in [0.25, 0.3) is 33.1 Å². The minimum Gasteiger partial charge on any atom is -0.424 e. The van der Waals surface area contributed by atoms with Crippen molar-refractivity contribution < 1.29 is 24.1 Å². The molecule has 216 valence electrons. The van der Waals surface area contributed by atoms with E-state index in [0.717, 1.165) is 16.7 Å². The number of benzene rings is 2. The Kier molecular flexibility index (Phi) is 7.72. The van der Waals surface area contributed by atoms with Gasteiger partial charge in [0.25, 0.3) is 0 Å². The zero-order valence-electron chi connectivity index (χ0n) is 22.7. The number of piperidine rings is 1. The molecule has 12 heteroatoms. The quantitative estimate of drug-likeness (QED) is 0.279. The van der Waals surface area contributed by atoms with E-state index >= 15 is 4.39 Å². The predicted molar refractivity (Wildman–Crippen MR) is 155 cm³/mol. The number of rotatable bonds is 7. The van der Waals surface area contributed by atoms with Crippen LogP contribution in [0.1, 0.15) is 24.7 Å². The Morgan fingerprint density at radius 2 is 1.81 bits per heavy atom. The van der Waals surface area contributed by atoms with Crippen LogP contribution in [0, 0.1) is 18.7 Å². The first kappa shape index (κ1) is 28.0. The molecule has 0 aliphatic carbocycles. The first-order valence-electron chi connectivity index (χ1n) is 13.6. The highest BCUT2D eigenvalue weighted by molar-refractivity contribution is 6.33. The summed E-state index contributed by atoms with van der Waals surface area (Å²) in [6.07, 6.45) is 6.11. The van der Waals surface area contributed by atoms with Crippen LogP contribution in [0.2, 0.25) is 5.02 Å². The van der Waals surface area contributed by atoms with Crippen molar-refractivity contribution >= 4 is 39.4 Å². The third kappa shape index (κ3) is 5.15. The Balaban J connectivity index is 1.36. The van der Waals surface area contributed by atoms with Crippen molar-refractivity contribution in [2.45, 2.75) is 25.8 Å². The van der Waals surface area contributed by atoms with Crippen molar-refractivity contribution in [1.82, 2.24) is 29.4 Å². The Hall–Kier alpha value is -4.19. The van der Waals surface area contributed by atoms with Gasteiger partial charge in [-0.2, -0.15) is 0 Å². The van der Waals surface area contributed by atoms with Crippen molar-refractivity contribution in [3.8, 4) is 22.9 Å². The lowest BCUT2D eigenvalue weighted by molar-refractivity contribution is -0.139. The molecule has 2 N–H and O–H groups in total. The average Bonchev–Trinajstić information content (AvgIpc) is 3.34. The van der Waals surface area contributed by atoms with Gasteiger partial charge in [0.15, 0.2) is 0 Å². The predicted octanol–water partition coefficient (Wildman–Crippen LogP) is 4.70. The van der Waals surface area contributed by atoms with Crippen molar-refractivity contribution in [1.29, 1.82) is 0 Å². The second-order valence-corrected chi connectivity index (χ2v) is 10.7. The fourth-order valence-electron chi connectivity index (χ4n) is 5.61. The van der Waals surface area contributed by atoms with Gasteiger partial charge in [0.2, 0.25) is 5.91 Å². The summed E-state index contributed by atoms with van der Waals surface area (Å²) >= 11 is 6.63. The van der Waals surface area contributed by atoms with Gasteiger partial charge >= 0.3 is 6.01 Å². The molecule has 0 bridgehead atoms. The van der Waals surface area contributed by atoms with Gasteiger partial charge in [0.05, 0.1) is 41.4 Å². The third-order valence-corrected chi connectivity index (χ3v) is 8.01.